The lowest BCUT2D eigenvalue weighted by atomic mass is 10.4. The smallest absolute Gasteiger partial charge is 0.294 e. The van der Waals surface area contributed by atoms with Crippen LogP contribution in [0.5, 0.6) is 0 Å². The summed E-state index contributed by atoms with van der Waals surface area (Å²) in [6.07, 6.45) is 2.45. The van der Waals surface area contributed by atoms with Gasteiger partial charge in [0, 0.05) is 12.5 Å². The fourth-order valence-corrected chi connectivity index (χ4v) is 2.01. The highest BCUT2D eigenvalue weighted by atomic mass is 32.2. The van der Waals surface area contributed by atoms with Crippen molar-refractivity contribution in [3.05, 3.63) is 28.8 Å². The summed E-state index contributed by atoms with van der Waals surface area (Å²) in [6.45, 7) is 0. The Morgan fingerprint density at radius 2 is 2.13 bits per heavy atom. The fraction of sp³-hybridized carbons (Fsp3) is 0.125. The highest BCUT2D eigenvalue weighted by Crippen LogP contribution is 2.13. The van der Waals surface area contributed by atoms with E-state index in [0.717, 1.165) is 6.26 Å². The van der Waals surface area contributed by atoms with Crippen molar-refractivity contribution in [1.82, 2.24) is 15.0 Å². The van der Waals surface area contributed by atoms with Gasteiger partial charge in [0.2, 0.25) is 0 Å². The predicted molar refractivity (Wildman–Crippen MR) is 53.3 cm³/mol. The van der Waals surface area contributed by atoms with E-state index in [4.69, 9.17) is 0 Å². The Morgan fingerprint density at radius 3 is 2.80 bits per heavy atom. The highest BCUT2D eigenvalue weighted by Gasteiger charge is 2.14. The van der Waals surface area contributed by atoms with Crippen LogP contribution in [0.4, 0.5) is 0 Å². The maximum absolute atomic E-state index is 11.4. The van der Waals surface area contributed by atoms with Crippen molar-refractivity contribution in [1.29, 1.82) is 0 Å². The number of sulfone groups is 1. The third kappa shape index (κ3) is 1.73. The number of aromatic amines is 1. The van der Waals surface area contributed by atoms with Gasteiger partial charge in [0.1, 0.15) is 5.52 Å². The molecule has 2 heterocycles. The monoisotopic (exact) mass is 225 g/mol. The van der Waals surface area contributed by atoms with Crippen LogP contribution in [0.1, 0.15) is 0 Å². The normalized spacial score (nSPS) is 11.8. The Labute approximate surface area is 84.9 Å². The van der Waals surface area contributed by atoms with Crippen LogP contribution in [-0.4, -0.2) is 29.6 Å². The van der Waals surface area contributed by atoms with Crippen molar-refractivity contribution in [2.24, 2.45) is 0 Å². The number of hydrogen-bond donors (Lipinski definition) is 1. The molecular weight excluding hydrogens is 218 g/mol. The van der Waals surface area contributed by atoms with Gasteiger partial charge in [-0.05, 0) is 12.1 Å². The summed E-state index contributed by atoms with van der Waals surface area (Å²) in [5.41, 5.74) is -0.253. The molecule has 0 fully saturated rings. The van der Waals surface area contributed by atoms with Gasteiger partial charge in [-0.2, -0.15) is 4.98 Å². The van der Waals surface area contributed by atoms with E-state index in [-0.39, 0.29) is 16.1 Å². The molecule has 0 saturated carbocycles. The van der Waals surface area contributed by atoms with Gasteiger partial charge in [-0.25, -0.2) is 13.2 Å². The van der Waals surface area contributed by atoms with Crippen LogP contribution in [-0.2, 0) is 9.84 Å². The molecule has 0 saturated heterocycles. The molecule has 7 heteroatoms. The van der Waals surface area contributed by atoms with Crippen molar-refractivity contribution < 1.29 is 8.42 Å². The standard InChI is InChI=1S/C8H7N3O3S/c1-15(13,14)7-6-5(3-2-4-9-6)10-8(12)11-7/h2-4H,1H3,(H,10,11,12). The molecule has 2 aromatic heterocycles. The van der Waals surface area contributed by atoms with Crippen molar-refractivity contribution in [3.8, 4) is 0 Å². The first-order valence-corrected chi connectivity index (χ1v) is 5.93. The second-order valence-corrected chi connectivity index (χ2v) is 4.97. The quantitative estimate of drug-likeness (QED) is 0.674. The van der Waals surface area contributed by atoms with E-state index in [1.54, 1.807) is 6.07 Å². The summed E-state index contributed by atoms with van der Waals surface area (Å²) >= 11 is 0. The van der Waals surface area contributed by atoms with Gasteiger partial charge < -0.3 is 0 Å². The molecule has 0 aliphatic rings. The molecule has 0 aliphatic heterocycles. The zero-order chi connectivity index (χ0) is 11.1. The number of rotatable bonds is 1. The van der Waals surface area contributed by atoms with E-state index in [9.17, 15) is 13.2 Å². The molecule has 0 radical (unpaired) electrons. The van der Waals surface area contributed by atoms with Gasteiger partial charge in [0.25, 0.3) is 0 Å². The van der Waals surface area contributed by atoms with Crippen molar-refractivity contribution in [3.63, 3.8) is 0 Å². The van der Waals surface area contributed by atoms with Gasteiger partial charge in [0.05, 0.1) is 5.52 Å². The molecule has 0 atom stereocenters. The maximum Gasteiger partial charge on any atom is 0.346 e. The Bertz CT molecular complexity index is 675. The number of fused-ring (bicyclic) bond motifs is 1. The molecule has 0 spiro atoms. The van der Waals surface area contributed by atoms with Gasteiger partial charge in [0.15, 0.2) is 14.9 Å². The molecule has 0 amide bonds. The number of aromatic nitrogens is 3. The number of hydrogen-bond acceptors (Lipinski definition) is 5. The van der Waals surface area contributed by atoms with Crippen LogP contribution in [0.3, 0.4) is 0 Å². The highest BCUT2D eigenvalue weighted by molar-refractivity contribution is 7.90. The molecule has 6 nitrogen and oxygen atoms in total. The van der Waals surface area contributed by atoms with Gasteiger partial charge in [-0.1, -0.05) is 0 Å². The van der Waals surface area contributed by atoms with E-state index in [2.05, 4.69) is 15.0 Å². The molecule has 1 N–H and O–H groups in total. The molecule has 0 unspecified atom stereocenters. The predicted octanol–water partition coefficient (Wildman–Crippen LogP) is -0.278. The van der Waals surface area contributed by atoms with Gasteiger partial charge in [-0.15, -0.1) is 0 Å². The average molecular weight is 225 g/mol. The van der Waals surface area contributed by atoms with Crippen molar-refractivity contribution >= 4 is 20.9 Å². The fourth-order valence-electron chi connectivity index (χ4n) is 1.22. The van der Waals surface area contributed by atoms with E-state index in [1.165, 1.54) is 12.3 Å². The SMILES string of the molecule is CS(=O)(=O)c1[nH]c(=O)nc2cccnc12. The molecule has 2 aromatic rings. The number of nitrogens with one attached hydrogen (secondary N) is 1. The van der Waals surface area contributed by atoms with Crippen LogP contribution in [0, 0.1) is 0 Å². The first-order chi connectivity index (χ1) is 6.98. The first-order valence-electron chi connectivity index (χ1n) is 4.03. The number of pyridine rings is 1. The molecule has 15 heavy (non-hydrogen) atoms. The first kappa shape index (κ1) is 9.78. The largest absolute Gasteiger partial charge is 0.346 e. The summed E-state index contributed by atoms with van der Waals surface area (Å²) in [4.78, 5) is 20.8. The van der Waals surface area contributed by atoms with Crippen LogP contribution < -0.4 is 5.69 Å². The topological polar surface area (TPSA) is 92.8 Å². The summed E-state index contributed by atoms with van der Waals surface area (Å²) in [5.74, 6) is 0. The van der Waals surface area contributed by atoms with Crippen LogP contribution in [0.2, 0.25) is 0 Å². The molecular formula is C8H7N3O3S. The number of H-pyrrole nitrogens is 1. The Morgan fingerprint density at radius 1 is 1.40 bits per heavy atom. The molecule has 0 bridgehead atoms. The van der Waals surface area contributed by atoms with Crippen molar-refractivity contribution in [2.75, 3.05) is 6.26 Å². The zero-order valence-corrected chi connectivity index (χ0v) is 8.58. The minimum atomic E-state index is -3.51. The Kier molecular flexibility index (Phi) is 2.04. The lowest BCUT2D eigenvalue weighted by Gasteiger charge is -2.01. The van der Waals surface area contributed by atoms with Crippen molar-refractivity contribution in [2.45, 2.75) is 5.03 Å². The zero-order valence-electron chi connectivity index (χ0n) is 7.76. The summed E-state index contributed by atoms with van der Waals surface area (Å²) in [6, 6.07) is 3.12. The lowest BCUT2D eigenvalue weighted by molar-refractivity contribution is 0.598. The van der Waals surface area contributed by atoms with E-state index in [1.807, 2.05) is 0 Å². The third-order valence-electron chi connectivity index (χ3n) is 1.81. The Balaban J connectivity index is 3.02. The minimum absolute atomic E-state index is 0.180. The third-order valence-corrected chi connectivity index (χ3v) is 2.85. The molecule has 0 aliphatic carbocycles. The second-order valence-electron chi connectivity index (χ2n) is 3.01. The second kappa shape index (κ2) is 3.13. The molecule has 0 aromatic carbocycles. The van der Waals surface area contributed by atoms with Gasteiger partial charge >= 0.3 is 5.69 Å². The summed E-state index contributed by atoms with van der Waals surface area (Å²) in [5, 5.41) is -0.196. The number of nitrogens with zero attached hydrogens (tertiary/aromatic N) is 2. The van der Waals surface area contributed by atoms with Crippen LogP contribution >= 0.6 is 0 Å². The minimum Gasteiger partial charge on any atom is -0.294 e. The average Bonchev–Trinajstić information content (AvgIpc) is 2.15. The van der Waals surface area contributed by atoms with E-state index >= 15 is 0 Å². The van der Waals surface area contributed by atoms with E-state index < -0.39 is 15.5 Å². The summed E-state index contributed by atoms with van der Waals surface area (Å²) < 4.78 is 22.7. The lowest BCUT2D eigenvalue weighted by Crippen LogP contribution is -2.16. The molecule has 2 rings (SSSR count). The summed E-state index contributed by atoms with van der Waals surface area (Å²) in [7, 11) is -3.51. The van der Waals surface area contributed by atoms with Gasteiger partial charge in [-0.3, -0.25) is 9.97 Å². The van der Waals surface area contributed by atoms with Crippen LogP contribution in [0.15, 0.2) is 28.2 Å². The Hall–Kier alpha value is -1.76. The molecule has 78 valence electrons. The maximum atomic E-state index is 11.4. The van der Waals surface area contributed by atoms with Crippen LogP contribution in [0.25, 0.3) is 11.0 Å². The van der Waals surface area contributed by atoms with E-state index in [0.29, 0.717) is 0 Å².